The normalized spacial score (nSPS) is 13.6. The van der Waals surface area contributed by atoms with Crippen molar-refractivity contribution in [3.05, 3.63) is 164 Å². The van der Waals surface area contributed by atoms with Crippen molar-refractivity contribution in [2.24, 2.45) is 0 Å². The molecule has 0 N–H and O–H groups in total. The highest BCUT2D eigenvalue weighted by atomic mass is 15.0. The Balaban J connectivity index is 1.35. The van der Waals surface area contributed by atoms with Crippen LogP contribution < -0.4 is 0 Å². The van der Waals surface area contributed by atoms with Gasteiger partial charge in [-0.3, -0.25) is 0 Å². The Morgan fingerprint density at radius 1 is 0.468 bits per heavy atom. The summed E-state index contributed by atoms with van der Waals surface area (Å²) in [4.78, 5) is 10.00. The van der Waals surface area contributed by atoms with Gasteiger partial charge in [0, 0.05) is 32.7 Å². The maximum absolute atomic E-state index is 9.70. The summed E-state index contributed by atoms with van der Waals surface area (Å²) in [5.74, 6) is 0.111. The number of aromatic nitrogens is 3. The molecule has 10 rings (SSSR count). The zero-order valence-corrected chi connectivity index (χ0v) is 25.0. The zero-order chi connectivity index (χ0) is 36.1. The Morgan fingerprint density at radius 2 is 1.15 bits per heavy atom. The highest BCUT2D eigenvalue weighted by Gasteiger charge is 2.18. The summed E-state index contributed by atoms with van der Waals surface area (Å²) in [6.45, 7) is 0. The molecule has 3 nitrogen and oxygen atoms in total. The van der Waals surface area contributed by atoms with Crippen molar-refractivity contribution < 1.29 is 8.22 Å². The molecule has 218 valence electrons. The van der Waals surface area contributed by atoms with Crippen molar-refractivity contribution in [1.82, 2.24) is 14.5 Å². The summed E-state index contributed by atoms with van der Waals surface area (Å²) in [7, 11) is 0. The van der Waals surface area contributed by atoms with Crippen LogP contribution in [0.1, 0.15) is 8.22 Å². The van der Waals surface area contributed by atoms with Crippen LogP contribution in [0.3, 0.4) is 0 Å². The predicted octanol–water partition coefficient (Wildman–Crippen LogP) is 11.5. The molecular formula is C44H27N3. The lowest BCUT2D eigenvalue weighted by Gasteiger charge is -2.15. The van der Waals surface area contributed by atoms with Crippen LogP contribution in [0.25, 0.3) is 93.4 Å². The summed E-state index contributed by atoms with van der Waals surface area (Å²) >= 11 is 0. The first-order valence-corrected chi connectivity index (χ1v) is 15.5. The molecule has 0 bridgehead atoms. The Labute approximate surface area is 279 Å². The zero-order valence-electron chi connectivity index (χ0n) is 31.0. The van der Waals surface area contributed by atoms with Gasteiger partial charge in [0.25, 0.3) is 0 Å². The topological polar surface area (TPSA) is 30.7 Å². The lowest BCUT2D eigenvalue weighted by Crippen LogP contribution is -1.99. The van der Waals surface area contributed by atoms with E-state index in [1.165, 1.54) is 0 Å². The van der Waals surface area contributed by atoms with Crippen molar-refractivity contribution in [1.29, 1.82) is 0 Å². The smallest absolute Gasteiger partial charge is 0.161 e. The third-order valence-corrected chi connectivity index (χ3v) is 9.09. The van der Waals surface area contributed by atoms with Crippen LogP contribution in [0.2, 0.25) is 0 Å². The third-order valence-electron chi connectivity index (χ3n) is 9.09. The summed E-state index contributed by atoms with van der Waals surface area (Å²) in [6.07, 6.45) is 0. The van der Waals surface area contributed by atoms with E-state index in [9.17, 15) is 5.48 Å². The van der Waals surface area contributed by atoms with E-state index in [2.05, 4.69) is 18.2 Å². The molecule has 2 aromatic heterocycles. The number of hydrogen-bond acceptors (Lipinski definition) is 2. The van der Waals surface area contributed by atoms with E-state index in [-0.39, 0.29) is 52.0 Å². The van der Waals surface area contributed by atoms with Crippen LogP contribution in [0.5, 0.6) is 0 Å². The highest BCUT2D eigenvalue weighted by Crippen LogP contribution is 2.39. The SMILES string of the molecule is [2H]c1c([2H])c([2H])c2c(-n3c4ccccc4c4cc5ccccc5cc43)c([2H])c([2H])c(-c3nc(-c4ccc5ccccc5c4)c4ccccc4n3)c2c1[2H]. The molecule has 2 heterocycles. The molecule has 0 saturated heterocycles. The average molecular weight is 604 g/mol. The first kappa shape index (κ1) is 20.7. The van der Waals surface area contributed by atoms with Crippen LogP contribution in [0.15, 0.2) is 164 Å². The van der Waals surface area contributed by atoms with Gasteiger partial charge in [-0.2, -0.15) is 0 Å². The first-order valence-electron chi connectivity index (χ1n) is 18.5. The van der Waals surface area contributed by atoms with E-state index in [4.69, 9.17) is 12.7 Å². The molecule has 0 aliphatic heterocycles. The number of rotatable bonds is 3. The number of hydrogen-bond donors (Lipinski definition) is 0. The average Bonchev–Trinajstić information content (AvgIpc) is 3.51. The lowest BCUT2D eigenvalue weighted by atomic mass is 9.99. The van der Waals surface area contributed by atoms with Crippen LogP contribution in [0, 0.1) is 0 Å². The summed E-state index contributed by atoms with van der Waals surface area (Å²) in [5.41, 5.74) is 3.88. The molecule has 3 heteroatoms. The summed E-state index contributed by atoms with van der Waals surface area (Å²) in [5, 5.41) is 7.03. The van der Waals surface area contributed by atoms with Crippen molar-refractivity contribution in [2.45, 2.75) is 0 Å². The van der Waals surface area contributed by atoms with Crippen molar-refractivity contribution in [2.75, 3.05) is 0 Å². The van der Waals surface area contributed by atoms with E-state index in [0.717, 1.165) is 54.3 Å². The molecule has 0 spiro atoms. The van der Waals surface area contributed by atoms with Crippen LogP contribution in [-0.2, 0) is 0 Å². The Bertz CT molecular complexity index is 3210. The van der Waals surface area contributed by atoms with E-state index >= 15 is 0 Å². The maximum Gasteiger partial charge on any atom is 0.161 e. The van der Waals surface area contributed by atoms with E-state index < -0.39 is 12.1 Å². The summed E-state index contributed by atoms with van der Waals surface area (Å²) < 4.78 is 57.5. The minimum absolute atomic E-state index is 0.0831. The molecule has 47 heavy (non-hydrogen) atoms. The molecule has 0 fully saturated rings. The molecule has 0 unspecified atom stereocenters. The lowest BCUT2D eigenvalue weighted by molar-refractivity contribution is 1.19. The Kier molecular flexibility index (Phi) is 4.44. The van der Waals surface area contributed by atoms with Gasteiger partial charge in [-0.05, 0) is 69.3 Å². The molecule has 0 amide bonds. The predicted molar refractivity (Wildman–Crippen MR) is 197 cm³/mol. The molecule has 0 aliphatic rings. The van der Waals surface area contributed by atoms with E-state index in [1.54, 1.807) is 0 Å². The summed E-state index contributed by atoms with van der Waals surface area (Å²) in [6, 6.07) is 39.9. The highest BCUT2D eigenvalue weighted by molar-refractivity contribution is 6.15. The van der Waals surface area contributed by atoms with E-state index in [0.29, 0.717) is 11.2 Å². The minimum atomic E-state index is -0.435. The second kappa shape index (κ2) is 10.1. The van der Waals surface area contributed by atoms with Crippen molar-refractivity contribution in [3.8, 4) is 28.3 Å². The van der Waals surface area contributed by atoms with Crippen molar-refractivity contribution in [3.63, 3.8) is 0 Å². The van der Waals surface area contributed by atoms with Gasteiger partial charge in [-0.1, -0.05) is 121 Å². The maximum atomic E-state index is 9.70. The van der Waals surface area contributed by atoms with Crippen molar-refractivity contribution >= 4 is 65.0 Å². The molecule has 0 saturated carbocycles. The first-order chi connectivity index (χ1) is 25.8. The van der Waals surface area contributed by atoms with Crippen LogP contribution in [-0.4, -0.2) is 14.5 Å². The number of para-hydroxylation sites is 2. The fourth-order valence-electron chi connectivity index (χ4n) is 6.90. The number of benzene rings is 8. The number of nitrogens with zero attached hydrogens (tertiary/aromatic N) is 3. The van der Waals surface area contributed by atoms with Gasteiger partial charge >= 0.3 is 0 Å². The van der Waals surface area contributed by atoms with Crippen LogP contribution in [0.4, 0.5) is 0 Å². The largest absolute Gasteiger partial charge is 0.309 e. The van der Waals surface area contributed by atoms with Gasteiger partial charge in [-0.25, -0.2) is 9.97 Å². The van der Waals surface area contributed by atoms with Gasteiger partial charge in [0.1, 0.15) is 0 Å². The molecule has 10 aromatic rings. The quantitative estimate of drug-likeness (QED) is 0.201. The van der Waals surface area contributed by atoms with E-state index in [1.807, 2.05) is 114 Å². The minimum Gasteiger partial charge on any atom is -0.309 e. The van der Waals surface area contributed by atoms with Gasteiger partial charge in [0.15, 0.2) is 5.82 Å². The fraction of sp³-hybridized carbons (Fsp3) is 0. The van der Waals surface area contributed by atoms with Gasteiger partial charge < -0.3 is 4.57 Å². The van der Waals surface area contributed by atoms with Gasteiger partial charge in [0.05, 0.1) is 36.2 Å². The Hall–Kier alpha value is -6.32. The number of fused-ring (bicyclic) bond motifs is 7. The Morgan fingerprint density at radius 3 is 2.00 bits per heavy atom. The molecule has 0 radical (unpaired) electrons. The second-order valence-electron chi connectivity index (χ2n) is 11.8. The standard InChI is InChI=1S/C44H27N3/c1-2-12-29-25-32(22-21-28(29)11-1)43-37-18-7-9-19-39(37)45-44(46-43)36-23-24-41(34-16-6-5-15-33(34)36)47-40-20-10-8-17-35(40)38-26-30-13-3-4-14-31(30)27-42(38)47/h1-27H/i5D,6D,15D,16D,23D,24D. The molecule has 0 aliphatic carbocycles. The fourth-order valence-corrected chi connectivity index (χ4v) is 6.90. The molecular weight excluding hydrogens is 571 g/mol. The second-order valence-corrected chi connectivity index (χ2v) is 11.8. The van der Waals surface area contributed by atoms with Crippen LogP contribution >= 0.6 is 0 Å². The third kappa shape index (κ3) is 4.00. The van der Waals surface area contributed by atoms with Gasteiger partial charge in [-0.15, -0.1) is 0 Å². The monoisotopic (exact) mass is 603 g/mol. The molecule has 8 aromatic carbocycles. The molecule has 0 atom stereocenters. The van der Waals surface area contributed by atoms with Gasteiger partial charge in [0.2, 0.25) is 0 Å².